The van der Waals surface area contributed by atoms with E-state index in [2.05, 4.69) is 56.0 Å². The minimum atomic E-state index is 0.109. The van der Waals surface area contributed by atoms with Crippen molar-refractivity contribution in [3.8, 4) is 0 Å². The Labute approximate surface area is 184 Å². The van der Waals surface area contributed by atoms with Crippen molar-refractivity contribution in [1.29, 1.82) is 0 Å². The average molecular weight is 424 g/mol. The number of benzene rings is 1. The third kappa shape index (κ3) is 5.83. The molecule has 1 fully saturated rings. The van der Waals surface area contributed by atoms with Crippen LogP contribution in [0.15, 0.2) is 41.7 Å². The van der Waals surface area contributed by atoms with E-state index in [1.165, 1.54) is 5.56 Å². The van der Waals surface area contributed by atoms with Gasteiger partial charge in [-0.1, -0.05) is 30.3 Å². The molecule has 2 aliphatic heterocycles. The van der Waals surface area contributed by atoms with Gasteiger partial charge < -0.3 is 15.5 Å². The highest BCUT2D eigenvalue weighted by Crippen LogP contribution is 2.21. The van der Waals surface area contributed by atoms with Crippen LogP contribution in [-0.4, -0.2) is 63.8 Å². The molecule has 8 heteroatoms. The Kier molecular flexibility index (Phi) is 7.17. The van der Waals surface area contributed by atoms with Crippen LogP contribution >= 0.6 is 0 Å². The molecular formula is C23H33N7O. The molecule has 166 valence electrons. The van der Waals surface area contributed by atoms with Crippen molar-refractivity contribution in [2.45, 2.75) is 51.6 Å². The van der Waals surface area contributed by atoms with Gasteiger partial charge in [0.25, 0.3) is 0 Å². The zero-order chi connectivity index (χ0) is 21.5. The zero-order valence-electron chi connectivity index (χ0n) is 18.3. The van der Waals surface area contributed by atoms with Crippen LogP contribution in [0.3, 0.4) is 0 Å². The molecule has 0 spiro atoms. The number of piperidine rings is 1. The lowest BCUT2D eigenvalue weighted by Gasteiger charge is -2.32. The summed E-state index contributed by atoms with van der Waals surface area (Å²) >= 11 is 0. The van der Waals surface area contributed by atoms with E-state index < -0.39 is 0 Å². The van der Waals surface area contributed by atoms with Gasteiger partial charge in [0.2, 0.25) is 5.91 Å². The van der Waals surface area contributed by atoms with Crippen LogP contribution in [0.1, 0.15) is 37.6 Å². The largest absolute Gasteiger partial charge is 0.357 e. The topological polar surface area (TPSA) is 87.4 Å². The summed E-state index contributed by atoms with van der Waals surface area (Å²) in [5, 5.41) is 11.0. The number of nitrogens with zero attached hydrogens (tertiary/aromatic N) is 5. The van der Waals surface area contributed by atoms with Crippen LogP contribution in [0.5, 0.6) is 0 Å². The molecule has 1 unspecified atom stereocenters. The van der Waals surface area contributed by atoms with Gasteiger partial charge in [-0.15, -0.1) is 0 Å². The minimum absolute atomic E-state index is 0.109. The van der Waals surface area contributed by atoms with E-state index in [4.69, 9.17) is 0 Å². The first-order valence-electron chi connectivity index (χ1n) is 11.4. The molecule has 1 amide bonds. The van der Waals surface area contributed by atoms with Crippen molar-refractivity contribution < 1.29 is 4.79 Å². The molecule has 0 bridgehead atoms. The predicted molar refractivity (Wildman–Crippen MR) is 121 cm³/mol. The maximum absolute atomic E-state index is 12.7. The van der Waals surface area contributed by atoms with Gasteiger partial charge >= 0.3 is 0 Å². The Morgan fingerprint density at radius 3 is 2.77 bits per heavy atom. The quantitative estimate of drug-likeness (QED) is 0.545. The average Bonchev–Trinajstić information content (AvgIpc) is 3.26. The lowest BCUT2D eigenvalue weighted by atomic mass is 9.90. The van der Waals surface area contributed by atoms with Gasteiger partial charge in [-0.3, -0.25) is 4.79 Å². The number of amides is 1. The number of hydrogen-bond donors (Lipinski definition) is 2. The number of likely N-dealkylation sites (tertiary alicyclic amines) is 1. The first kappa shape index (κ1) is 21.3. The minimum Gasteiger partial charge on any atom is -0.357 e. The van der Waals surface area contributed by atoms with Crippen molar-refractivity contribution >= 4 is 11.9 Å². The second-order valence-corrected chi connectivity index (χ2v) is 8.45. The number of guanidine groups is 1. The van der Waals surface area contributed by atoms with Gasteiger partial charge in [0, 0.05) is 32.1 Å². The maximum atomic E-state index is 12.7. The normalized spacial score (nSPS) is 19.7. The van der Waals surface area contributed by atoms with Crippen LogP contribution in [0.25, 0.3) is 0 Å². The number of aromatic nitrogens is 3. The first-order chi connectivity index (χ1) is 15.2. The fraction of sp³-hybridized carbons (Fsp3) is 0.565. The number of aliphatic imine (C=N–C) groups is 1. The number of nitrogens with one attached hydrogen (secondary N) is 2. The highest BCUT2D eigenvalue weighted by atomic mass is 16.2. The SMILES string of the molecule is CCNC(=NCC(=O)N1CCC(Cc2ccccc2)CC1)NC1CCc2ncnn2C1. The molecule has 2 aromatic rings. The van der Waals surface area contributed by atoms with Crippen LogP contribution in [-0.2, 0) is 24.2 Å². The summed E-state index contributed by atoms with van der Waals surface area (Å²) in [6.45, 7) is 5.39. The lowest BCUT2D eigenvalue weighted by Crippen LogP contribution is -2.47. The second kappa shape index (κ2) is 10.4. The fourth-order valence-corrected chi connectivity index (χ4v) is 4.45. The highest BCUT2D eigenvalue weighted by molar-refractivity contribution is 5.85. The van der Waals surface area contributed by atoms with E-state index in [1.54, 1.807) is 6.33 Å². The van der Waals surface area contributed by atoms with Crippen molar-refractivity contribution in [1.82, 2.24) is 30.3 Å². The number of fused-ring (bicyclic) bond motifs is 1. The standard InChI is InChI=1S/C23H33N7O/c1-2-24-23(28-20-8-9-21-26-17-27-30(21)16-20)25-15-22(31)29-12-10-19(11-13-29)14-18-6-4-3-5-7-18/h3-7,17,19-20H,2,8-16H2,1H3,(H2,24,25,28). The maximum Gasteiger partial charge on any atom is 0.244 e. The molecule has 1 aromatic heterocycles. The Bertz CT molecular complexity index is 871. The van der Waals surface area contributed by atoms with Gasteiger partial charge in [-0.2, -0.15) is 5.10 Å². The highest BCUT2D eigenvalue weighted by Gasteiger charge is 2.24. The molecule has 31 heavy (non-hydrogen) atoms. The van der Waals surface area contributed by atoms with Crippen molar-refractivity contribution in [2.24, 2.45) is 10.9 Å². The number of carbonyl (C=O) groups excluding carboxylic acids is 1. The second-order valence-electron chi connectivity index (χ2n) is 8.45. The van der Waals surface area contributed by atoms with Gasteiger partial charge in [0.05, 0.1) is 6.54 Å². The number of hydrogen-bond acceptors (Lipinski definition) is 4. The molecular weight excluding hydrogens is 390 g/mol. The molecule has 3 heterocycles. The molecule has 8 nitrogen and oxygen atoms in total. The molecule has 0 aliphatic carbocycles. The summed E-state index contributed by atoms with van der Waals surface area (Å²) in [4.78, 5) is 23.5. The van der Waals surface area contributed by atoms with E-state index >= 15 is 0 Å². The Morgan fingerprint density at radius 2 is 2.00 bits per heavy atom. The summed E-state index contributed by atoms with van der Waals surface area (Å²) in [5.41, 5.74) is 1.39. The zero-order valence-corrected chi connectivity index (χ0v) is 18.3. The van der Waals surface area contributed by atoms with Crippen LogP contribution < -0.4 is 10.6 Å². The lowest BCUT2D eigenvalue weighted by molar-refractivity contribution is -0.130. The van der Waals surface area contributed by atoms with Gasteiger partial charge in [0.15, 0.2) is 5.96 Å². The third-order valence-corrected chi connectivity index (χ3v) is 6.20. The summed E-state index contributed by atoms with van der Waals surface area (Å²) in [7, 11) is 0. The van der Waals surface area contributed by atoms with Crippen molar-refractivity contribution in [3.05, 3.63) is 48.0 Å². The van der Waals surface area contributed by atoms with E-state index in [-0.39, 0.29) is 18.5 Å². The van der Waals surface area contributed by atoms with Gasteiger partial charge in [-0.05, 0) is 44.1 Å². The summed E-state index contributed by atoms with van der Waals surface area (Å²) in [6, 6.07) is 10.9. The molecule has 0 saturated carbocycles. The smallest absolute Gasteiger partial charge is 0.244 e. The summed E-state index contributed by atoms with van der Waals surface area (Å²) in [5.74, 6) is 2.49. The molecule has 1 saturated heterocycles. The molecule has 1 atom stereocenters. The van der Waals surface area contributed by atoms with Crippen molar-refractivity contribution in [2.75, 3.05) is 26.2 Å². The number of aryl methyl sites for hydroxylation is 1. The van der Waals surface area contributed by atoms with Crippen LogP contribution in [0, 0.1) is 5.92 Å². The fourth-order valence-electron chi connectivity index (χ4n) is 4.45. The third-order valence-electron chi connectivity index (χ3n) is 6.20. The molecule has 2 aliphatic rings. The Hall–Kier alpha value is -2.90. The van der Waals surface area contributed by atoms with Crippen molar-refractivity contribution in [3.63, 3.8) is 0 Å². The van der Waals surface area contributed by atoms with Crippen LogP contribution in [0.4, 0.5) is 0 Å². The monoisotopic (exact) mass is 423 g/mol. The molecule has 1 aromatic carbocycles. The molecule has 0 radical (unpaired) electrons. The van der Waals surface area contributed by atoms with E-state index in [0.717, 1.165) is 64.1 Å². The van der Waals surface area contributed by atoms with Gasteiger partial charge in [0.1, 0.15) is 18.7 Å². The Balaban J connectivity index is 1.25. The summed E-state index contributed by atoms with van der Waals surface area (Å²) in [6.07, 6.45) is 6.71. The van der Waals surface area contributed by atoms with Crippen LogP contribution in [0.2, 0.25) is 0 Å². The summed E-state index contributed by atoms with van der Waals surface area (Å²) < 4.78 is 1.94. The Morgan fingerprint density at radius 1 is 1.19 bits per heavy atom. The van der Waals surface area contributed by atoms with E-state index in [9.17, 15) is 4.79 Å². The van der Waals surface area contributed by atoms with E-state index in [1.807, 2.05) is 16.5 Å². The molecule has 4 rings (SSSR count). The molecule has 2 N–H and O–H groups in total. The van der Waals surface area contributed by atoms with E-state index in [0.29, 0.717) is 11.9 Å². The van der Waals surface area contributed by atoms with Gasteiger partial charge in [-0.25, -0.2) is 14.7 Å². The number of carbonyl (C=O) groups is 1. The predicted octanol–water partition coefficient (Wildman–Crippen LogP) is 1.63. The first-order valence-corrected chi connectivity index (χ1v) is 11.4. The number of rotatable bonds is 6.